The van der Waals surface area contributed by atoms with Gasteiger partial charge in [-0.15, -0.1) is 16.7 Å². The fourth-order valence-corrected chi connectivity index (χ4v) is 2.44. The minimum Gasteiger partial charge on any atom is -0.200 e. The number of aromatic nitrogens is 3. The summed E-state index contributed by atoms with van der Waals surface area (Å²) in [6.45, 7) is 0. The Hall–Kier alpha value is -0.690. The van der Waals surface area contributed by atoms with Gasteiger partial charge >= 0.3 is 6.18 Å². The van der Waals surface area contributed by atoms with Gasteiger partial charge in [0.25, 0.3) is 0 Å². The van der Waals surface area contributed by atoms with E-state index in [-0.39, 0.29) is 32.7 Å². The zero-order valence-electron chi connectivity index (χ0n) is 9.35. The van der Waals surface area contributed by atoms with Crippen LogP contribution in [0.1, 0.15) is 11.4 Å². The second kappa shape index (κ2) is 5.60. The Balaban J connectivity index is 2.61. The average molecular weight is 365 g/mol. The van der Waals surface area contributed by atoms with Crippen molar-refractivity contribution in [2.45, 2.75) is 12.1 Å². The Kier molecular flexibility index (Phi) is 4.39. The van der Waals surface area contributed by atoms with E-state index in [2.05, 4.69) is 10.1 Å². The van der Waals surface area contributed by atoms with Crippen molar-refractivity contribution in [2.75, 3.05) is 0 Å². The van der Waals surface area contributed by atoms with Crippen LogP contribution in [-0.2, 0) is 12.1 Å². The molecule has 0 N–H and O–H groups in total. The third kappa shape index (κ3) is 2.98. The van der Waals surface area contributed by atoms with Crippen LogP contribution in [-0.4, -0.2) is 14.8 Å². The SMILES string of the molecule is FC(F)(F)c1cc(Cl)c(-n2nc(CCl)nc2Cl)c(Cl)c1. The molecular formula is C10H4Cl4F3N3. The predicted molar refractivity (Wildman–Crippen MR) is 70.9 cm³/mol. The van der Waals surface area contributed by atoms with E-state index in [1.165, 1.54) is 0 Å². The zero-order valence-corrected chi connectivity index (χ0v) is 12.4. The number of hydrogen-bond donors (Lipinski definition) is 0. The lowest BCUT2D eigenvalue weighted by Gasteiger charge is -2.12. The Morgan fingerprint density at radius 1 is 1.10 bits per heavy atom. The van der Waals surface area contributed by atoms with E-state index in [0.717, 1.165) is 16.8 Å². The van der Waals surface area contributed by atoms with Crippen molar-refractivity contribution in [3.63, 3.8) is 0 Å². The van der Waals surface area contributed by atoms with E-state index in [9.17, 15) is 13.2 Å². The molecule has 108 valence electrons. The topological polar surface area (TPSA) is 30.7 Å². The van der Waals surface area contributed by atoms with Crippen molar-refractivity contribution >= 4 is 46.4 Å². The van der Waals surface area contributed by atoms with Crippen LogP contribution in [0.3, 0.4) is 0 Å². The molecule has 0 fully saturated rings. The maximum absolute atomic E-state index is 12.6. The monoisotopic (exact) mass is 363 g/mol. The normalized spacial score (nSPS) is 11.9. The van der Waals surface area contributed by atoms with Gasteiger partial charge in [0.2, 0.25) is 5.28 Å². The lowest BCUT2D eigenvalue weighted by Crippen LogP contribution is -2.07. The summed E-state index contributed by atoms with van der Waals surface area (Å²) in [7, 11) is 0. The number of halogens is 7. The van der Waals surface area contributed by atoms with Gasteiger partial charge in [-0.3, -0.25) is 0 Å². The lowest BCUT2D eigenvalue weighted by atomic mass is 10.2. The highest BCUT2D eigenvalue weighted by Crippen LogP contribution is 2.38. The molecule has 0 aliphatic carbocycles. The quantitative estimate of drug-likeness (QED) is 0.703. The third-order valence-electron chi connectivity index (χ3n) is 2.29. The van der Waals surface area contributed by atoms with Crippen molar-refractivity contribution in [1.29, 1.82) is 0 Å². The number of hydrogen-bond acceptors (Lipinski definition) is 2. The molecule has 2 rings (SSSR count). The van der Waals surface area contributed by atoms with Gasteiger partial charge in [-0.05, 0) is 23.7 Å². The Morgan fingerprint density at radius 2 is 1.65 bits per heavy atom. The van der Waals surface area contributed by atoms with E-state index >= 15 is 0 Å². The molecule has 10 heteroatoms. The van der Waals surface area contributed by atoms with Gasteiger partial charge in [-0.1, -0.05) is 23.2 Å². The summed E-state index contributed by atoms with van der Waals surface area (Å²) in [6.07, 6.45) is -4.56. The predicted octanol–water partition coefficient (Wildman–Crippen LogP) is 4.99. The van der Waals surface area contributed by atoms with Crippen LogP contribution in [0, 0.1) is 0 Å². The molecule has 0 spiro atoms. The maximum atomic E-state index is 12.6. The number of nitrogens with zero attached hydrogens (tertiary/aromatic N) is 3. The molecule has 20 heavy (non-hydrogen) atoms. The van der Waals surface area contributed by atoms with Crippen molar-refractivity contribution in [1.82, 2.24) is 14.8 Å². The second-order valence-electron chi connectivity index (χ2n) is 3.63. The minimum atomic E-state index is -4.56. The van der Waals surface area contributed by atoms with E-state index in [1.807, 2.05) is 0 Å². The standard InChI is InChI=1S/C10H4Cl4F3N3/c11-3-7-18-9(14)20(19-7)8-5(12)1-4(2-6(8)13)10(15,16)17/h1-2H,3H2. The summed E-state index contributed by atoms with van der Waals surface area (Å²) in [5.74, 6) is 0.187. The van der Waals surface area contributed by atoms with Gasteiger partial charge < -0.3 is 0 Å². The summed E-state index contributed by atoms with van der Waals surface area (Å²) < 4.78 is 38.9. The molecule has 0 saturated heterocycles. The van der Waals surface area contributed by atoms with Gasteiger partial charge in [0.1, 0.15) is 5.69 Å². The molecule has 0 bridgehead atoms. The second-order valence-corrected chi connectivity index (χ2v) is 5.05. The van der Waals surface area contributed by atoms with E-state index in [0.29, 0.717) is 0 Å². The molecule has 1 aromatic carbocycles. The summed E-state index contributed by atoms with van der Waals surface area (Å²) in [5, 5.41) is 3.29. The third-order valence-corrected chi connectivity index (χ3v) is 3.35. The van der Waals surface area contributed by atoms with Crippen molar-refractivity contribution in [3.05, 3.63) is 38.8 Å². The highest BCUT2D eigenvalue weighted by molar-refractivity contribution is 6.38. The van der Waals surface area contributed by atoms with E-state index in [1.54, 1.807) is 0 Å². The van der Waals surface area contributed by atoms with Crippen LogP contribution < -0.4 is 0 Å². The van der Waals surface area contributed by atoms with Crippen molar-refractivity contribution in [3.8, 4) is 5.69 Å². The summed E-state index contributed by atoms with van der Waals surface area (Å²) in [6, 6.07) is 1.47. The zero-order chi connectivity index (χ0) is 15.1. The van der Waals surface area contributed by atoms with Gasteiger partial charge in [0.05, 0.1) is 21.5 Å². The molecule has 0 unspecified atom stereocenters. The van der Waals surface area contributed by atoms with Crippen LogP contribution in [0.5, 0.6) is 0 Å². The van der Waals surface area contributed by atoms with Crippen LogP contribution in [0.25, 0.3) is 5.69 Å². The van der Waals surface area contributed by atoms with Crippen LogP contribution in [0.15, 0.2) is 12.1 Å². The smallest absolute Gasteiger partial charge is 0.200 e. The van der Waals surface area contributed by atoms with E-state index < -0.39 is 11.7 Å². The average Bonchev–Trinajstić information content (AvgIpc) is 2.69. The van der Waals surface area contributed by atoms with E-state index in [4.69, 9.17) is 46.4 Å². The molecule has 1 aromatic heterocycles. The molecule has 0 aliphatic heterocycles. The highest BCUT2D eigenvalue weighted by Gasteiger charge is 2.32. The lowest BCUT2D eigenvalue weighted by molar-refractivity contribution is -0.137. The van der Waals surface area contributed by atoms with Crippen LogP contribution >= 0.6 is 46.4 Å². The molecule has 1 heterocycles. The van der Waals surface area contributed by atoms with Gasteiger partial charge in [-0.2, -0.15) is 18.2 Å². The Morgan fingerprint density at radius 3 is 2.05 bits per heavy atom. The molecule has 0 radical (unpaired) electrons. The summed E-state index contributed by atoms with van der Waals surface area (Å²) >= 11 is 23.0. The molecule has 0 atom stereocenters. The van der Waals surface area contributed by atoms with Gasteiger partial charge in [-0.25, -0.2) is 4.68 Å². The van der Waals surface area contributed by atoms with Crippen LogP contribution in [0.4, 0.5) is 13.2 Å². The van der Waals surface area contributed by atoms with Crippen molar-refractivity contribution < 1.29 is 13.2 Å². The van der Waals surface area contributed by atoms with Crippen molar-refractivity contribution in [2.24, 2.45) is 0 Å². The first kappa shape index (κ1) is 15.7. The maximum Gasteiger partial charge on any atom is 0.416 e. The number of rotatable bonds is 2. The molecule has 0 amide bonds. The molecule has 0 saturated carbocycles. The number of alkyl halides is 4. The first-order valence-corrected chi connectivity index (χ1v) is 6.65. The Labute approximate surface area is 131 Å². The fourth-order valence-electron chi connectivity index (χ4n) is 1.46. The molecule has 0 aliphatic rings. The van der Waals surface area contributed by atoms with Gasteiger partial charge in [0, 0.05) is 0 Å². The molecular weight excluding hydrogens is 361 g/mol. The largest absolute Gasteiger partial charge is 0.416 e. The minimum absolute atomic E-state index is 0.00944. The first-order chi connectivity index (χ1) is 9.24. The Bertz CT molecular complexity index is 631. The highest BCUT2D eigenvalue weighted by atomic mass is 35.5. The summed E-state index contributed by atoms with van der Waals surface area (Å²) in [5.41, 5.74) is -0.958. The van der Waals surface area contributed by atoms with Gasteiger partial charge in [0.15, 0.2) is 5.82 Å². The van der Waals surface area contributed by atoms with Crippen LogP contribution in [0.2, 0.25) is 15.3 Å². The number of benzene rings is 1. The molecule has 2 aromatic rings. The summed E-state index contributed by atoms with van der Waals surface area (Å²) in [4.78, 5) is 3.80. The first-order valence-electron chi connectivity index (χ1n) is 4.98. The fraction of sp³-hybridized carbons (Fsp3) is 0.200. The molecule has 3 nitrogen and oxygen atoms in total.